The molecule has 1 N–H and O–H groups in total. The van der Waals surface area contributed by atoms with Gasteiger partial charge >= 0.3 is 5.97 Å². The molecule has 0 atom stereocenters. The molecule has 0 radical (unpaired) electrons. The van der Waals surface area contributed by atoms with E-state index in [0.29, 0.717) is 16.8 Å². The Kier molecular flexibility index (Phi) is 4.75. The van der Waals surface area contributed by atoms with Crippen LogP contribution in [-0.4, -0.2) is 16.9 Å². The van der Waals surface area contributed by atoms with Crippen LogP contribution in [0, 0.1) is 0 Å². The molecule has 5 heteroatoms. The lowest BCUT2D eigenvalue weighted by molar-refractivity contribution is 0.0691. The van der Waals surface area contributed by atoms with Gasteiger partial charge in [-0.05, 0) is 40.5 Å². The van der Waals surface area contributed by atoms with Crippen molar-refractivity contribution in [1.82, 2.24) is 0 Å². The van der Waals surface area contributed by atoms with Crippen LogP contribution in [0.25, 0.3) is 0 Å². The van der Waals surface area contributed by atoms with Crippen molar-refractivity contribution in [1.29, 1.82) is 0 Å². The van der Waals surface area contributed by atoms with Gasteiger partial charge in [-0.2, -0.15) is 0 Å². The van der Waals surface area contributed by atoms with Crippen LogP contribution in [-0.2, 0) is 6.61 Å². The molecule has 0 saturated heterocycles. The van der Waals surface area contributed by atoms with Gasteiger partial charge in [0.2, 0.25) is 0 Å². The number of Topliss-reactive ketones (excluding diaryl/α,β-unsaturated/α-hetero) is 1. The van der Waals surface area contributed by atoms with Gasteiger partial charge in [0, 0.05) is 10.0 Å². The molecule has 0 aliphatic rings. The van der Waals surface area contributed by atoms with Gasteiger partial charge in [0.1, 0.15) is 12.4 Å². The fraction of sp³-hybridized carbons (Fsp3) is 0.125. The molecule has 0 fully saturated rings. The summed E-state index contributed by atoms with van der Waals surface area (Å²) in [6, 6.07) is 12.5. The predicted octanol–water partition coefficient (Wildman–Crippen LogP) is 3.93. The van der Waals surface area contributed by atoms with Crippen molar-refractivity contribution in [3.63, 3.8) is 0 Å². The highest BCUT2D eigenvalue weighted by Crippen LogP contribution is 2.28. The molecular formula is C16H13BrO4. The number of carbonyl (C=O) groups is 2. The number of hydrogen-bond donors (Lipinski definition) is 1. The molecule has 0 unspecified atom stereocenters. The maximum absolute atomic E-state index is 11.5. The molecule has 0 bridgehead atoms. The molecule has 0 aromatic heterocycles. The van der Waals surface area contributed by atoms with Crippen LogP contribution in [0.3, 0.4) is 0 Å². The smallest absolute Gasteiger partial charge is 0.336 e. The molecule has 0 aliphatic heterocycles. The molecule has 2 aromatic rings. The first-order chi connectivity index (χ1) is 9.99. The van der Waals surface area contributed by atoms with E-state index in [-0.39, 0.29) is 16.9 Å². The monoisotopic (exact) mass is 348 g/mol. The molecule has 0 amide bonds. The van der Waals surface area contributed by atoms with E-state index in [1.165, 1.54) is 13.0 Å². The first-order valence-corrected chi connectivity index (χ1v) is 7.03. The number of carbonyl (C=O) groups excluding carboxylic acids is 1. The Morgan fingerprint density at radius 2 is 1.86 bits per heavy atom. The lowest BCUT2D eigenvalue weighted by Gasteiger charge is -2.11. The van der Waals surface area contributed by atoms with Crippen molar-refractivity contribution in [2.75, 3.05) is 0 Å². The predicted molar refractivity (Wildman–Crippen MR) is 81.9 cm³/mol. The quantitative estimate of drug-likeness (QED) is 0.831. The topological polar surface area (TPSA) is 63.6 Å². The van der Waals surface area contributed by atoms with Gasteiger partial charge in [-0.25, -0.2) is 4.79 Å². The van der Waals surface area contributed by atoms with Crippen molar-refractivity contribution in [2.24, 2.45) is 0 Å². The van der Waals surface area contributed by atoms with E-state index in [9.17, 15) is 14.7 Å². The fourth-order valence-electron chi connectivity index (χ4n) is 1.93. The minimum absolute atomic E-state index is 0.0695. The molecule has 2 aromatic carbocycles. The lowest BCUT2D eigenvalue weighted by atomic mass is 10.0. The third-order valence-electron chi connectivity index (χ3n) is 2.89. The molecule has 0 aliphatic carbocycles. The molecular weight excluding hydrogens is 336 g/mol. The zero-order chi connectivity index (χ0) is 15.4. The van der Waals surface area contributed by atoms with E-state index in [1.807, 2.05) is 30.3 Å². The zero-order valence-electron chi connectivity index (χ0n) is 11.3. The van der Waals surface area contributed by atoms with Crippen LogP contribution < -0.4 is 4.74 Å². The summed E-state index contributed by atoms with van der Waals surface area (Å²) in [4.78, 5) is 22.8. The van der Waals surface area contributed by atoms with E-state index in [2.05, 4.69) is 15.9 Å². The van der Waals surface area contributed by atoms with Gasteiger partial charge in [0.25, 0.3) is 0 Å². The minimum Gasteiger partial charge on any atom is -0.489 e. The molecule has 2 rings (SSSR count). The first-order valence-electron chi connectivity index (χ1n) is 6.23. The highest BCUT2D eigenvalue weighted by atomic mass is 79.9. The van der Waals surface area contributed by atoms with Crippen LogP contribution in [0.5, 0.6) is 5.75 Å². The second kappa shape index (κ2) is 6.54. The molecule has 108 valence electrons. The summed E-state index contributed by atoms with van der Waals surface area (Å²) in [5.74, 6) is -1.08. The number of ether oxygens (including phenoxy) is 1. The zero-order valence-corrected chi connectivity index (χ0v) is 12.9. The van der Waals surface area contributed by atoms with Gasteiger partial charge in [-0.15, -0.1) is 0 Å². The Hall–Kier alpha value is -2.14. The van der Waals surface area contributed by atoms with E-state index in [1.54, 1.807) is 6.07 Å². The third kappa shape index (κ3) is 3.70. The summed E-state index contributed by atoms with van der Waals surface area (Å²) in [7, 11) is 0. The number of ketones is 1. The number of aromatic carboxylic acids is 1. The highest BCUT2D eigenvalue weighted by Gasteiger charge is 2.19. The molecule has 0 saturated carbocycles. The largest absolute Gasteiger partial charge is 0.489 e. The molecule has 21 heavy (non-hydrogen) atoms. The molecule has 4 nitrogen and oxygen atoms in total. The number of carboxylic acid groups (broad SMARTS) is 1. The van der Waals surface area contributed by atoms with Gasteiger partial charge in [0.05, 0.1) is 5.56 Å². The summed E-state index contributed by atoms with van der Waals surface area (Å²) in [5, 5.41) is 9.22. The summed E-state index contributed by atoms with van der Waals surface area (Å²) < 4.78 is 6.01. The Balaban J connectivity index is 2.29. The number of carboxylic acids is 1. The van der Waals surface area contributed by atoms with Crippen LogP contribution in [0.2, 0.25) is 0 Å². The van der Waals surface area contributed by atoms with Crippen molar-refractivity contribution in [2.45, 2.75) is 13.5 Å². The van der Waals surface area contributed by atoms with Crippen molar-refractivity contribution >= 4 is 27.7 Å². The summed E-state index contributed by atoms with van der Waals surface area (Å²) in [5.41, 5.74) is 1.05. The minimum atomic E-state index is -1.16. The number of rotatable bonds is 5. The van der Waals surface area contributed by atoms with Crippen LogP contribution >= 0.6 is 15.9 Å². The highest BCUT2D eigenvalue weighted by molar-refractivity contribution is 9.10. The van der Waals surface area contributed by atoms with E-state index >= 15 is 0 Å². The van der Waals surface area contributed by atoms with Crippen molar-refractivity contribution in [3.8, 4) is 5.75 Å². The lowest BCUT2D eigenvalue weighted by Crippen LogP contribution is -2.08. The maximum atomic E-state index is 11.5. The summed E-state index contributed by atoms with van der Waals surface area (Å²) in [6.45, 7) is 1.66. The summed E-state index contributed by atoms with van der Waals surface area (Å²) in [6.07, 6.45) is 0. The normalized spacial score (nSPS) is 10.2. The molecule has 0 spiro atoms. The average molecular weight is 349 g/mol. The Labute approximate surface area is 130 Å². The third-order valence-corrected chi connectivity index (χ3v) is 3.52. The van der Waals surface area contributed by atoms with Gasteiger partial charge in [-0.3, -0.25) is 4.79 Å². The van der Waals surface area contributed by atoms with Crippen molar-refractivity contribution in [3.05, 3.63) is 63.6 Å². The van der Waals surface area contributed by atoms with E-state index < -0.39 is 5.97 Å². The van der Waals surface area contributed by atoms with Gasteiger partial charge < -0.3 is 9.84 Å². The van der Waals surface area contributed by atoms with E-state index in [4.69, 9.17) is 4.74 Å². The average Bonchev–Trinajstić information content (AvgIpc) is 2.45. The van der Waals surface area contributed by atoms with E-state index in [0.717, 1.165) is 5.56 Å². The number of benzene rings is 2. The number of halogens is 1. The van der Waals surface area contributed by atoms with Crippen molar-refractivity contribution < 1.29 is 19.4 Å². The van der Waals surface area contributed by atoms with Gasteiger partial charge in [0.15, 0.2) is 5.78 Å². The van der Waals surface area contributed by atoms with Crippen LogP contribution in [0.4, 0.5) is 0 Å². The Morgan fingerprint density at radius 3 is 2.43 bits per heavy atom. The molecule has 0 heterocycles. The maximum Gasteiger partial charge on any atom is 0.336 e. The van der Waals surface area contributed by atoms with Crippen LogP contribution in [0.1, 0.15) is 33.2 Å². The summed E-state index contributed by atoms with van der Waals surface area (Å²) >= 11 is 3.23. The second-order valence-electron chi connectivity index (χ2n) is 4.46. The Bertz CT molecular complexity index is 680. The Morgan fingerprint density at radius 1 is 1.19 bits per heavy atom. The fourth-order valence-corrected chi connectivity index (χ4v) is 2.65. The second-order valence-corrected chi connectivity index (χ2v) is 5.32. The standard InChI is InChI=1S/C16H13BrO4/c1-10(18)15-13(16(19)20)7-12(8-14(15)17)21-9-11-5-3-2-4-6-11/h2-8H,9H2,1H3,(H,19,20). The number of hydrogen-bond acceptors (Lipinski definition) is 3. The van der Waals surface area contributed by atoms with Gasteiger partial charge in [-0.1, -0.05) is 30.3 Å². The van der Waals surface area contributed by atoms with Crippen LogP contribution in [0.15, 0.2) is 46.9 Å². The first kappa shape index (κ1) is 15.3. The SMILES string of the molecule is CC(=O)c1c(Br)cc(OCc2ccccc2)cc1C(=O)O.